The Bertz CT molecular complexity index is 350. The number of carbonyl (C=O) groups excluding carboxylic acids is 1. The standard InChI is InChI=1S/C11H16N2O4/c1-3-4-7(2)12-11(17)13-6-8(14)5-9(13)10(15)16/h1,7-9,14H,4-6H2,2H3,(H,12,17)(H,15,16)/t7?,8-,9-/m1/s1. The molecule has 0 radical (unpaired) electrons. The van der Waals surface area contributed by atoms with Gasteiger partial charge in [-0.15, -0.1) is 12.3 Å². The van der Waals surface area contributed by atoms with Crippen molar-refractivity contribution in [3.63, 3.8) is 0 Å². The largest absolute Gasteiger partial charge is 0.480 e. The maximum absolute atomic E-state index is 11.8. The summed E-state index contributed by atoms with van der Waals surface area (Å²) in [7, 11) is 0. The number of aliphatic carboxylic acids is 1. The van der Waals surface area contributed by atoms with Crippen LogP contribution in [0.25, 0.3) is 0 Å². The molecule has 1 aliphatic rings. The maximum Gasteiger partial charge on any atom is 0.326 e. The third-order valence-electron chi connectivity index (χ3n) is 2.62. The number of carboxylic acids is 1. The van der Waals surface area contributed by atoms with E-state index in [2.05, 4.69) is 11.2 Å². The average Bonchev–Trinajstić information content (AvgIpc) is 2.60. The molecule has 3 N–H and O–H groups in total. The summed E-state index contributed by atoms with van der Waals surface area (Å²) in [6.07, 6.45) is 4.76. The minimum absolute atomic E-state index is 0.0333. The molecule has 0 aromatic heterocycles. The number of hydrogen-bond donors (Lipinski definition) is 3. The van der Waals surface area contributed by atoms with Gasteiger partial charge in [0, 0.05) is 25.4 Å². The molecule has 1 unspecified atom stereocenters. The van der Waals surface area contributed by atoms with Gasteiger partial charge in [0.1, 0.15) is 6.04 Å². The second kappa shape index (κ2) is 5.55. The van der Waals surface area contributed by atoms with Gasteiger partial charge in [0.2, 0.25) is 0 Å². The number of terminal acetylenes is 1. The van der Waals surface area contributed by atoms with Crippen molar-refractivity contribution in [3.05, 3.63) is 0 Å². The second-order valence-corrected chi connectivity index (χ2v) is 4.15. The zero-order chi connectivity index (χ0) is 13.0. The van der Waals surface area contributed by atoms with Crippen molar-refractivity contribution in [2.45, 2.75) is 38.0 Å². The molecular weight excluding hydrogens is 224 g/mol. The third kappa shape index (κ3) is 3.36. The average molecular weight is 240 g/mol. The molecule has 0 aromatic rings. The zero-order valence-electron chi connectivity index (χ0n) is 9.59. The van der Waals surface area contributed by atoms with Crippen molar-refractivity contribution in [3.8, 4) is 12.3 Å². The van der Waals surface area contributed by atoms with E-state index in [1.54, 1.807) is 6.92 Å². The fourth-order valence-electron chi connectivity index (χ4n) is 1.79. The molecule has 2 amide bonds. The molecule has 6 heteroatoms. The Hall–Kier alpha value is -1.74. The molecule has 1 heterocycles. The number of amides is 2. The van der Waals surface area contributed by atoms with E-state index in [1.807, 2.05) is 0 Å². The monoisotopic (exact) mass is 240 g/mol. The van der Waals surface area contributed by atoms with Crippen LogP contribution in [0.5, 0.6) is 0 Å². The number of hydrogen-bond acceptors (Lipinski definition) is 3. The predicted molar refractivity (Wildman–Crippen MR) is 60.2 cm³/mol. The molecule has 1 aliphatic heterocycles. The highest BCUT2D eigenvalue weighted by atomic mass is 16.4. The normalized spacial score (nSPS) is 25.1. The number of carbonyl (C=O) groups is 2. The van der Waals surface area contributed by atoms with Crippen molar-refractivity contribution >= 4 is 12.0 Å². The molecule has 0 bridgehead atoms. The van der Waals surface area contributed by atoms with E-state index in [0.29, 0.717) is 6.42 Å². The number of β-amino-alcohol motifs (C(OH)–C–C–N with tert-alkyl or cyclic N) is 1. The molecule has 0 saturated carbocycles. The Morgan fingerprint density at radius 3 is 2.82 bits per heavy atom. The van der Waals surface area contributed by atoms with Crippen LogP contribution in [0.3, 0.4) is 0 Å². The second-order valence-electron chi connectivity index (χ2n) is 4.15. The van der Waals surface area contributed by atoms with Crippen LogP contribution in [-0.4, -0.2) is 51.8 Å². The molecule has 6 nitrogen and oxygen atoms in total. The van der Waals surface area contributed by atoms with Crippen molar-refractivity contribution < 1.29 is 19.8 Å². The Morgan fingerprint density at radius 1 is 1.65 bits per heavy atom. The van der Waals surface area contributed by atoms with E-state index >= 15 is 0 Å². The number of carboxylic acid groups (broad SMARTS) is 1. The van der Waals surface area contributed by atoms with Crippen LogP contribution in [0.4, 0.5) is 4.79 Å². The van der Waals surface area contributed by atoms with Crippen LogP contribution < -0.4 is 5.32 Å². The van der Waals surface area contributed by atoms with E-state index in [9.17, 15) is 14.7 Å². The summed E-state index contributed by atoms with van der Waals surface area (Å²) >= 11 is 0. The van der Waals surface area contributed by atoms with Gasteiger partial charge in [0.25, 0.3) is 0 Å². The van der Waals surface area contributed by atoms with Gasteiger partial charge in [-0.3, -0.25) is 0 Å². The molecular formula is C11H16N2O4. The highest BCUT2D eigenvalue weighted by molar-refractivity contribution is 5.83. The summed E-state index contributed by atoms with van der Waals surface area (Å²) in [6, 6.07) is -1.69. The van der Waals surface area contributed by atoms with Gasteiger partial charge in [0.05, 0.1) is 6.10 Å². The first-order valence-electron chi connectivity index (χ1n) is 5.37. The molecule has 94 valence electrons. The first-order valence-corrected chi connectivity index (χ1v) is 5.37. The Kier molecular flexibility index (Phi) is 4.35. The van der Waals surface area contributed by atoms with E-state index in [1.165, 1.54) is 0 Å². The fourth-order valence-corrected chi connectivity index (χ4v) is 1.79. The summed E-state index contributed by atoms with van der Waals surface area (Å²) in [6.45, 7) is 1.77. The molecule has 0 aromatic carbocycles. The van der Waals surface area contributed by atoms with Gasteiger partial charge in [-0.25, -0.2) is 9.59 Å². The molecule has 1 fully saturated rings. The molecule has 1 saturated heterocycles. The lowest BCUT2D eigenvalue weighted by Gasteiger charge is -2.23. The first kappa shape index (κ1) is 13.3. The summed E-state index contributed by atoms with van der Waals surface area (Å²) in [5.41, 5.74) is 0. The number of urea groups is 1. The van der Waals surface area contributed by atoms with Crippen LogP contribution in [0.2, 0.25) is 0 Å². The third-order valence-corrected chi connectivity index (χ3v) is 2.62. The van der Waals surface area contributed by atoms with Crippen molar-refractivity contribution in [2.75, 3.05) is 6.54 Å². The lowest BCUT2D eigenvalue weighted by molar-refractivity contribution is -0.141. The van der Waals surface area contributed by atoms with Gasteiger partial charge < -0.3 is 20.4 Å². The van der Waals surface area contributed by atoms with E-state index in [0.717, 1.165) is 4.90 Å². The van der Waals surface area contributed by atoms with E-state index in [-0.39, 0.29) is 19.0 Å². The van der Waals surface area contributed by atoms with Crippen molar-refractivity contribution in [2.24, 2.45) is 0 Å². The van der Waals surface area contributed by atoms with Gasteiger partial charge in [0.15, 0.2) is 0 Å². The topological polar surface area (TPSA) is 89.9 Å². The minimum Gasteiger partial charge on any atom is -0.480 e. The fraction of sp³-hybridized carbons (Fsp3) is 0.636. The number of aliphatic hydroxyl groups excluding tert-OH is 1. The maximum atomic E-state index is 11.8. The molecule has 1 rings (SSSR count). The van der Waals surface area contributed by atoms with Crippen LogP contribution in [0.15, 0.2) is 0 Å². The zero-order valence-corrected chi connectivity index (χ0v) is 9.59. The van der Waals surface area contributed by atoms with Crippen LogP contribution >= 0.6 is 0 Å². The number of aliphatic hydroxyl groups is 1. The Labute approximate surface area is 99.6 Å². The number of likely N-dealkylation sites (tertiary alicyclic amines) is 1. The number of nitrogens with one attached hydrogen (secondary N) is 1. The lowest BCUT2D eigenvalue weighted by atomic mass is 10.2. The smallest absolute Gasteiger partial charge is 0.326 e. The van der Waals surface area contributed by atoms with Gasteiger partial charge in [-0.1, -0.05) is 0 Å². The molecule has 17 heavy (non-hydrogen) atoms. The Balaban J connectivity index is 2.62. The van der Waals surface area contributed by atoms with E-state index < -0.39 is 24.1 Å². The predicted octanol–water partition coefficient (Wildman–Crippen LogP) is -0.372. The molecule has 3 atom stereocenters. The van der Waals surface area contributed by atoms with Gasteiger partial charge in [-0.05, 0) is 6.92 Å². The van der Waals surface area contributed by atoms with Gasteiger partial charge >= 0.3 is 12.0 Å². The minimum atomic E-state index is -1.11. The number of nitrogens with zero attached hydrogens (tertiary/aromatic N) is 1. The van der Waals surface area contributed by atoms with Crippen molar-refractivity contribution in [1.82, 2.24) is 10.2 Å². The molecule has 0 spiro atoms. The van der Waals surface area contributed by atoms with Crippen LogP contribution in [0.1, 0.15) is 19.8 Å². The summed E-state index contributed by atoms with van der Waals surface area (Å²) in [5, 5.41) is 20.9. The lowest BCUT2D eigenvalue weighted by Crippen LogP contribution is -2.48. The summed E-state index contributed by atoms with van der Waals surface area (Å²) in [4.78, 5) is 23.8. The Morgan fingerprint density at radius 2 is 2.29 bits per heavy atom. The van der Waals surface area contributed by atoms with Crippen LogP contribution in [-0.2, 0) is 4.79 Å². The summed E-state index contributed by atoms with van der Waals surface area (Å²) in [5.74, 6) is 1.30. The number of rotatable bonds is 3. The molecule has 0 aliphatic carbocycles. The van der Waals surface area contributed by atoms with E-state index in [4.69, 9.17) is 11.5 Å². The highest BCUT2D eigenvalue weighted by Crippen LogP contribution is 2.18. The van der Waals surface area contributed by atoms with Crippen LogP contribution in [0, 0.1) is 12.3 Å². The highest BCUT2D eigenvalue weighted by Gasteiger charge is 2.39. The van der Waals surface area contributed by atoms with Crippen molar-refractivity contribution in [1.29, 1.82) is 0 Å². The summed E-state index contributed by atoms with van der Waals surface area (Å²) < 4.78 is 0. The first-order chi connectivity index (χ1) is 7.95. The quantitative estimate of drug-likeness (QED) is 0.587. The van der Waals surface area contributed by atoms with Gasteiger partial charge in [-0.2, -0.15) is 0 Å². The SMILES string of the molecule is C#CCC(C)NC(=O)N1C[C@H](O)C[C@@H]1C(=O)O.